The highest BCUT2D eigenvalue weighted by molar-refractivity contribution is 14.1. The van der Waals surface area contributed by atoms with Crippen molar-refractivity contribution in [2.24, 2.45) is 5.92 Å². The van der Waals surface area contributed by atoms with Crippen molar-refractivity contribution in [1.82, 2.24) is 15.1 Å². The molecule has 0 spiro atoms. The lowest BCUT2D eigenvalue weighted by Crippen LogP contribution is -2.35. The molecule has 1 aliphatic rings. The molecule has 0 saturated carbocycles. The van der Waals surface area contributed by atoms with E-state index in [0.717, 1.165) is 35.1 Å². The molecule has 25 heavy (non-hydrogen) atoms. The van der Waals surface area contributed by atoms with Crippen molar-refractivity contribution in [3.8, 4) is 5.75 Å². The van der Waals surface area contributed by atoms with Gasteiger partial charge in [0.2, 0.25) is 0 Å². The average molecular weight is 447 g/mol. The molecule has 4 nitrogen and oxygen atoms in total. The molecule has 2 aromatic carbocycles. The number of piperidine rings is 1. The lowest BCUT2D eigenvalue weighted by Gasteiger charge is -2.33. The number of hydrogen-bond donors (Lipinski definition) is 2. The summed E-state index contributed by atoms with van der Waals surface area (Å²) in [4.78, 5) is 2.52. The topological polar surface area (TPSA) is 52.1 Å². The number of benzene rings is 2. The Morgan fingerprint density at radius 1 is 1.20 bits per heavy atom. The van der Waals surface area contributed by atoms with E-state index in [1.807, 2.05) is 18.3 Å². The molecule has 2 heterocycles. The number of hydrogen-bond acceptors (Lipinski definition) is 3. The number of fused-ring (bicyclic) bond motifs is 1. The number of aromatic hydroxyl groups is 1. The number of rotatable bonds is 4. The summed E-state index contributed by atoms with van der Waals surface area (Å²) in [5, 5.41) is 18.2. The van der Waals surface area contributed by atoms with Crippen molar-refractivity contribution in [2.75, 3.05) is 13.1 Å². The number of halogens is 1. The van der Waals surface area contributed by atoms with Crippen molar-refractivity contribution >= 4 is 33.5 Å². The summed E-state index contributed by atoms with van der Waals surface area (Å²) >= 11 is 2.16. The molecule has 1 aromatic heterocycles. The highest BCUT2D eigenvalue weighted by atomic mass is 127. The van der Waals surface area contributed by atoms with Crippen LogP contribution in [0.3, 0.4) is 0 Å². The van der Waals surface area contributed by atoms with Crippen LogP contribution in [-0.2, 0) is 13.0 Å². The predicted molar refractivity (Wildman–Crippen MR) is 109 cm³/mol. The molecule has 1 saturated heterocycles. The van der Waals surface area contributed by atoms with Crippen LogP contribution >= 0.6 is 22.6 Å². The number of nitrogens with one attached hydrogen (secondary N) is 1. The summed E-state index contributed by atoms with van der Waals surface area (Å²) < 4.78 is 0.910. The van der Waals surface area contributed by atoms with Gasteiger partial charge in [-0.15, -0.1) is 0 Å². The predicted octanol–water partition coefficient (Wildman–Crippen LogP) is 4.33. The van der Waals surface area contributed by atoms with Crippen molar-refractivity contribution in [3.63, 3.8) is 0 Å². The summed E-state index contributed by atoms with van der Waals surface area (Å²) in [5.74, 6) is 1.08. The van der Waals surface area contributed by atoms with Gasteiger partial charge >= 0.3 is 0 Å². The zero-order valence-electron chi connectivity index (χ0n) is 14.1. The number of phenols is 1. The van der Waals surface area contributed by atoms with E-state index in [-0.39, 0.29) is 0 Å². The normalized spacial score (nSPS) is 18.7. The molecule has 3 aromatic rings. The smallest absolute Gasteiger partial charge is 0.129 e. The van der Waals surface area contributed by atoms with Crippen LogP contribution in [0.4, 0.5) is 0 Å². The monoisotopic (exact) mass is 447 g/mol. The number of H-pyrrole nitrogens is 1. The van der Waals surface area contributed by atoms with Gasteiger partial charge in [0, 0.05) is 18.5 Å². The Morgan fingerprint density at radius 3 is 2.96 bits per heavy atom. The Balaban J connectivity index is 1.40. The van der Waals surface area contributed by atoms with E-state index < -0.39 is 0 Å². The molecule has 130 valence electrons. The van der Waals surface area contributed by atoms with Crippen molar-refractivity contribution in [3.05, 3.63) is 57.3 Å². The van der Waals surface area contributed by atoms with Crippen LogP contribution in [-0.4, -0.2) is 33.3 Å². The number of aromatic nitrogens is 2. The van der Waals surface area contributed by atoms with Gasteiger partial charge in [0.05, 0.1) is 15.3 Å². The zero-order chi connectivity index (χ0) is 17.2. The van der Waals surface area contributed by atoms with Gasteiger partial charge in [-0.1, -0.05) is 12.1 Å². The van der Waals surface area contributed by atoms with Crippen LogP contribution in [0.15, 0.2) is 42.6 Å². The van der Waals surface area contributed by atoms with Crippen LogP contribution in [0.25, 0.3) is 10.9 Å². The highest BCUT2D eigenvalue weighted by Gasteiger charge is 2.20. The van der Waals surface area contributed by atoms with Gasteiger partial charge in [0.25, 0.3) is 0 Å². The standard InChI is InChI=1S/C20H22IN3O/c21-18-5-3-16(10-20(18)25)13-24-7-1-2-15(12-24)8-14-4-6-19-17(9-14)11-22-23-19/h3-6,9-11,15,25H,1-2,7-8,12-13H2,(H,22,23). The summed E-state index contributed by atoms with van der Waals surface area (Å²) in [5.41, 5.74) is 3.69. The van der Waals surface area contributed by atoms with Crippen LogP contribution in [0.1, 0.15) is 24.0 Å². The molecule has 0 aliphatic carbocycles. The van der Waals surface area contributed by atoms with E-state index in [0.29, 0.717) is 11.7 Å². The van der Waals surface area contributed by atoms with Crippen molar-refractivity contribution in [2.45, 2.75) is 25.8 Å². The van der Waals surface area contributed by atoms with E-state index in [1.54, 1.807) is 0 Å². The third-order valence-corrected chi connectivity index (χ3v) is 5.96. The van der Waals surface area contributed by atoms with Gasteiger partial charge in [-0.3, -0.25) is 10.00 Å². The Labute approximate surface area is 161 Å². The second kappa shape index (κ2) is 7.33. The highest BCUT2D eigenvalue weighted by Crippen LogP contribution is 2.25. The largest absolute Gasteiger partial charge is 0.507 e. The second-order valence-corrected chi connectivity index (χ2v) is 8.19. The fraction of sp³-hybridized carbons (Fsp3) is 0.350. The lowest BCUT2D eigenvalue weighted by molar-refractivity contribution is 0.167. The quantitative estimate of drug-likeness (QED) is 0.586. The first-order chi connectivity index (χ1) is 12.2. The van der Waals surface area contributed by atoms with E-state index in [1.165, 1.54) is 29.4 Å². The van der Waals surface area contributed by atoms with Crippen LogP contribution in [0.5, 0.6) is 5.75 Å². The lowest BCUT2D eigenvalue weighted by atomic mass is 9.90. The average Bonchev–Trinajstić information content (AvgIpc) is 3.06. The van der Waals surface area contributed by atoms with Gasteiger partial charge in [-0.2, -0.15) is 5.10 Å². The van der Waals surface area contributed by atoms with Crippen LogP contribution < -0.4 is 0 Å². The maximum absolute atomic E-state index is 9.91. The van der Waals surface area contributed by atoms with Crippen LogP contribution in [0, 0.1) is 9.49 Å². The first-order valence-corrected chi connectivity index (χ1v) is 9.87. The SMILES string of the molecule is Oc1cc(CN2CCCC(Cc3ccc4[nH]ncc4c3)C2)ccc1I. The fourth-order valence-electron chi connectivity index (χ4n) is 3.83. The summed E-state index contributed by atoms with van der Waals surface area (Å²) in [6, 6.07) is 12.6. The summed E-state index contributed by atoms with van der Waals surface area (Å²) in [6.45, 7) is 3.18. The molecule has 0 radical (unpaired) electrons. The first kappa shape index (κ1) is 16.8. The molecule has 5 heteroatoms. The van der Waals surface area contributed by atoms with Gasteiger partial charge < -0.3 is 5.11 Å². The van der Waals surface area contributed by atoms with Crippen molar-refractivity contribution in [1.29, 1.82) is 0 Å². The van der Waals surface area contributed by atoms with Crippen LogP contribution in [0.2, 0.25) is 0 Å². The Bertz CT molecular complexity index is 876. The minimum Gasteiger partial charge on any atom is -0.507 e. The molecule has 1 unspecified atom stereocenters. The Hall–Kier alpha value is -1.60. The van der Waals surface area contributed by atoms with Gasteiger partial charge in [0.15, 0.2) is 0 Å². The molecular formula is C20H22IN3O. The molecule has 2 N–H and O–H groups in total. The molecule has 1 aliphatic heterocycles. The van der Waals surface area contributed by atoms with E-state index >= 15 is 0 Å². The maximum Gasteiger partial charge on any atom is 0.129 e. The van der Waals surface area contributed by atoms with E-state index in [9.17, 15) is 5.11 Å². The fourth-order valence-corrected chi connectivity index (χ4v) is 4.16. The van der Waals surface area contributed by atoms with E-state index in [2.05, 4.69) is 62.0 Å². The number of aromatic amines is 1. The zero-order valence-corrected chi connectivity index (χ0v) is 16.2. The molecule has 0 bridgehead atoms. The third kappa shape index (κ3) is 3.98. The Kier molecular flexibility index (Phi) is 4.94. The van der Waals surface area contributed by atoms with E-state index in [4.69, 9.17) is 0 Å². The maximum atomic E-state index is 9.91. The third-order valence-electron chi connectivity index (χ3n) is 5.05. The number of likely N-dealkylation sites (tertiary alicyclic amines) is 1. The minimum atomic E-state index is 0.389. The van der Waals surface area contributed by atoms with Gasteiger partial charge in [0.1, 0.15) is 5.75 Å². The number of phenolic OH excluding ortho intramolecular Hbond substituents is 1. The molecule has 1 fully saturated rings. The molecule has 4 rings (SSSR count). The molecule has 1 atom stereocenters. The minimum absolute atomic E-state index is 0.389. The molecular weight excluding hydrogens is 425 g/mol. The summed E-state index contributed by atoms with van der Waals surface area (Å²) in [7, 11) is 0. The van der Waals surface area contributed by atoms with Gasteiger partial charge in [-0.25, -0.2) is 0 Å². The van der Waals surface area contributed by atoms with Crippen molar-refractivity contribution < 1.29 is 5.11 Å². The first-order valence-electron chi connectivity index (χ1n) is 8.79. The second-order valence-electron chi connectivity index (χ2n) is 7.02. The Morgan fingerprint density at radius 2 is 2.08 bits per heavy atom. The summed E-state index contributed by atoms with van der Waals surface area (Å²) in [6.07, 6.45) is 5.55. The van der Waals surface area contributed by atoms with Gasteiger partial charge in [-0.05, 0) is 89.7 Å². The number of nitrogens with zero attached hydrogens (tertiary/aromatic N) is 2. The molecule has 0 amide bonds.